The van der Waals surface area contributed by atoms with Crippen molar-refractivity contribution in [2.75, 3.05) is 19.7 Å². The normalized spacial score (nSPS) is 23.5. The van der Waals surface area contributed by atoms with E-state index < -0.39 is 10.0 Å². The van der Waals surface area contributed by atoms with E-state index in [2.05, 4.69) is 0 Å². The average molecular weight is 348 g/mol. The molecule has 2 rings (SSSR count). The molecule has 0 aromatic heterocycles. The van der Waals surface area contributed by atoms with Crippen molar-refractivity contribution >= 4 is 21.6 Å². The van der Waals surface area contributed by atoms with Gasteiger partial charge in [0.2, 0.25) is 10.0 Å². The van der Waals surface area contributed by atoms with Crippen molar-refractivity contribution in [3.05, 3.63) is 22.7 Å². The number of hydrogen-bond donors (Lipinski definition) is 0. The van der Waals surface area contributed by atoms with Crippen molar-refractivity contribution in [1.82, 2.24) is 4.31 Å². The van der Waals surface area contributed by atoms with Crippen LogP contribution in [-0.2, 0) is 14.8 Å². The van der Waals surface area contributed by atoms with E-state index in [0.29, 0.717) is 30.5 Å². The van der Waals surface area contributed by atoms with Gasteiger partial charge in [-0.15, -0.1) is 0 Å². The van der Waals surface area contributed by atoms with E-state index in [-0.39, 0.29) is 17.1 Å². The molecular formula is C15H22ClNO4S. The highest BCUT2D eigenvalue weighted by Gasteiger charge is 2.34. The van der Waals surface area contributed by atoms with E-state index in [9.17, 15) is 8.42 Å². The van der Waals surface area contributed by atoms with Crippen LogP contribution in [0.2, 0.25) is 5.02 Å². The minimum absolute atomic E-state index is 0.117. The van der Waals surface area contributed by atoms with Crippen LogP contribution in [0.4, 0.5) is 0 Å². The molecule has 0 bridgehead atoms. The Hall–Kier alpha value is -0.820. The van der Waals surface area contributed by atoms with E-state index in [1.807, 2.05) is 27.7 Å². The molecule has 1 fully saturated rings. The van der Waals surface area contributed by atoms with Gasteiger partial charge >= 0.3 is 0 Å². The maximum absolute atomic E-state index is 13.0. The fourth-order valence-corrected chi connectivity index (χ4v) is 4.53. The molecule has 0 aliphatic carbocycles. The van der Waals surface area contributed by atoms with Gasteiger partial charge in [-0.05, 0) is 45.4 Å². The summed E-state index contributed by atoms with van der Waals surface area (Å²) in [5, 5.41) is 0.413. The molecule has 1 aromatic carbocycles. The average Bonchev–Trinajstić information content (AvgIpc) is 2.41. The van der Waals surface area contributed by atoms with Crippen LogP contribution in [0.1, 0.15) is 26.3 Å². The maximum atomic E-state index is 13.0. The molecule has 0 N–H and O–H groups in total. The van der Waals surface area contributed by atoms with E-state index in [1.165, 1.54) is 10.4 Å². The zero-order valence-electron chi connectivity index (χ0n) is 13.3. The minimum atomic E-state index is -3.68. The summed E-state index contributed by atoms with van der Waals surface area (Å²) >= 11 is 6.13. The van der Waals surface area contributed by atoms with Crippen LogP contribution in [-0.4, -0.2) is 44.6 Å². The summed E-state index contributed by atoms with van der Waals surface area (Å²) in [6.07, 6.45) is -0.287. The Morgan fingerprint density at radius 3 is 2.45 bits per heavy atom. The first kappa shape index (κ1) is 17.5. The Labute approximate surface area is 137 Å². The fraction of sp³-hybridized carbons (Fsp3) is 0.600. The third-order valence-corrected chi connectivity index (χ3v) is 5.79. The highest BCUT2D eigenvalue weighted by molar-refractivity contribution is 7.89. The van der Waals surface area contributed by atoms with Crippen LogP contribution in [0.5, 0.6) is 5.75 Å². The van der Waals surface area contributed by atoms with Crippen molar-refractivity contribution in [2.45, 2.75) is 44.8 Å². The van der Waals surface area contributed by atoms with Gasteiger partial charge in [0.05, 0.1) is 18.8 Å². The van der Waals surface area contributed by atoms with Crippen LogP contribution >= 0.6 is 11.6 Å². The Balaban J connectivity index is 2.46. The van der Waals surface area contributed by atoms with Gasteiger partial charge in [0.25, 0.3) is 0 Å². The third kappa shape index (κ3) is 3.56. The zero-order chi connectivity index (χ0) is 16.5. The van der Waals surface area contributed by atoms with Gasteiger partial charge in [-0.25, -0.2) is 8.42 Å². The Morgan fingerprint density at radius 1 is 1.32 bits per heavy atom. The number of hydrogen-bond acceptors (Lipinski definition) is 4. The molecule has 1 aliphatic rings. The standard InChI is InChI=1S/C15H22ClNO4S/c1-5-20-14-6-10(2)13(16)7-15(14)22(18,19)17-8-11(3)21-12(4)9-17/h6-7,11-12H,5,8-9H2,1-4H3/t11-,12-/m1/s1. The smallest absolute Gasteiger partial charge is 0.246 e. The van der Waals surface area contributed by atoms with E-state index in [0.717, 1.165) is 5.56 Å². The van der Waals surface area contributed by atoms with E-state index in [1.54, 1.807) is 6.07 Å². The van der Waals surface area contributed by atoms with E-state index >= 15 is 0 Å². The quantitative estimate of drug-likeness (QED) is 0.840. The van der Waals surface area contributed by atoms with Gasteiger partial charge in [0.1, 0.15) is 10.6 Å². The van der Waals surface area contributed by atoms with Gasteiger partial charge in [0.15, 0.2) is 0 Å². The second-order valence-electron chi connectivity index (χ2n) is 5.56. The van der Waals surface area contributed by atoms with Gasteiger partial charge in [0, 0.05) is 18.1 Å². The molecule has 0 saturated carbocycles. The predicted octanol–water partition coefficient (Wildman–Crippen LogP) is 2.85. The first-order chi connectivity index (χ1) is 10.3. The molecule has 1 aliphatic heterocycles. The summed E-state index contributed by atoms with van der Waals surface area (Å²) in [6.45, 7) is 8.40. The lowest BCUT2D eigenvalue weighted by Crippen LogP contribution is -2.48. The van der Waals surface area contributed by atoms with Gasteiger partial charge < -0.3 is 9.47 Å². The molecule has 5 nitrogen and oxygen atoms in total. The second-order valence-corrected chi connectivity index (χ2v) is 7.87. The number of halogens is 1. The number of aryl methyl sites for hydroxylation is 1. The maximum Gasteiger partial charge on any atom is 0.246 e. The molecule has 124 valence electrons. The van der Waals surface area contributed by atoms with Crippen molar-refractivity contribution in [1.29, 1.82) is 0 Å². The highest BCUT2D eigenvalue weighted by atomic mass is 35.5. The van der Waals surface area contributed by atoms with Gasteiger partial charge in [-0.1, -0.05) is 11.6 Å². The van der Waals surface area contributed by atoms with Crippen molar-refractivity contribution in [3.8, 4) is 5.75 Å². The number of sulfonamides is 1. The summed E-state index contributed by atoms with van der Waals surface area (Å²) in [5.74, 6) is 0.344. The summed E-state index contributed by atoms with van der Waals surface area (Å²) in [5.41, 5.74) is 0.785. The molecule has 1 aromatic rings. The number of rotatable bonds is 4. The topological polar surface area (TPSA) is 55.8 Å². The molecule has 7 heteroatoms. The van der Waals surface area contributed by atoms with Crippen LogP contribution in [0, 0.1) is 6.92 Å². The fourth-order valence-electron chi connectivity index (χ4n) is 2.57. The van der Waals surface area contributed by atoms with Crippen molar-refractivity contribution < 1.29 is 17.9 Å². The van der Waals surface area contributed by atoms with Crippen LogP contribution in [0.25, 0.3) is 0 Å². The molecule has 0 radical (unpaired) electrons. The first-order valence-corrected chi connectivity index (χ1v) is 9.16. The summed E-state index contributed by atoms with van der Waals surface area (Å²) < 4.78 is 38.5. The van der Waals surface area contributed by atoms with Crippen molar-refractivity contribution in [2.24, 2.45) is 0 Å². The number of benzene rings is 1. The second kappa shape index (κ2) is 6.74. The molecule has 0 amide bonds. The zero-order valence-corrected chi connectivity index (χ0v) is 14.9. The summed E-state index contributed by atoms with van der Waals surface area (Å²) in [7, 11) is -3.68. The molecule has 1 heterocycles. The molecular weight excluding hydrogens is 326 g/mol. The molecule has 22 heavy (non-hydrogen) atoms. The molecule has 2 atom stereocenters. The summed E-state index contributed by atoms with van der Waals surface area (Å²) in [4.78, 5) is 0.117. The molecule has 1 saturated heterocycles. The predicted molar refractivity (Wildman–Crippen MR) is 86.1 cm³/mol. The number of morpholine rings is 1. The largest absolute Gasteiger partial charge is 0.492 e. The Kier molecular flexibility index (Phi) is 5.37. The number of ether oxygens (including phenoxy) is 2. The Morgan fingerprint density at radius 2 is 1.91 bits per heavy atom. The minimum Gasteiger partial charge on any atom is -0.492 e. The van der Waals surface area contributed by atoms with Gasteiger partial charge in [-0.3, -0.25) is 0 Å². The third-order valence-electron chi connectivity index (χ3n) is 3.53. The number of nitrogens with zero attached hydrogens (tertiary/aromatic N) is 1. The monoisotopic (exact) mass is 347 g/mol. The van der Waals surface area contributed by atoms with Gasteiger partial charge in [-0.2, -0.15) is 4.31 Å². The lowest BCUT2D eigenvalue weighted by molar-refractivity contribution is -0.0441. The van der Waals surface area contributed by atoms with Crippen LogP contribution < -0.4 is 4.74 Å². The summed E-state index contributed by atoms with van der Waals surface area (Å²) in [6, 6.07) is 3.15. The lowest BCUT2D eigenvalue weighted by atomic mass is 10.2. The molecule has 0 spiro atoms. The Bertz CT molecular complexity index is 637. The highest BCUT2D eigenvalue weighted by Crippen LogP contribution is 2.33. The molecule has 0 unspecified atom stereocenters. The van der Waals surface area contributed by atoms with Crippen LogP contribution in [0.3, 0.4) is 0 Å². The SMILES string of the molecule is CCOc1cc(C)c(Cl)cc1S(=O)(=O)N1C[C@@H](C)O[C@H](C)C1. The van der Waals surface area contributed by atoms with E-state index in [4.69, 9.17) is 21.1 Å². The first-order valence-electron chi connectivity index (χ1n) is 7.34. The van der Waals surface area contributed by atoms with Crippen LogP contribution in [0.15, 0.2) is 17.0 Å². The van der Waals surface area contributed by atoms with Crippen molar-refractivity contribution in [3.63, 3.8) is 0 Å². The lowest BCUT2D eigenvalue weighted by Gasteiger charge is -2.34.